The summed E-state index contributed by atoms with van der Waals surface area (Å²) >= 11 is 0. The Balaban J connectivity index is 1.48. The van der Waals surface area contributed by atoms with Crippen LogP contribution in [0.3, 0.4) is 0 Å². The fraction of sp³-hybridized carbons (Fsp3) is 0.406. The summed E-state index contributed by atoms with van der Waals surface area (Å²) in [7, 11) is 0. The Morgan fingerprint density at radius 2 is 1.80 bits per heavy atom. The second-order valence-corrected chi connectivity index (χ2v) is 10.8. The zero-order valence-electron chi connectivity index (χ0n) is 24.7. The third-order valence-electron chi connectivity index (χ3n) is 6.61. The van der Waals surface area contributed by atoms with Crippen molar-refractivity contribution >= 4 is 11.9 Å². The van der Waals surface area contributed by atoms with E-state index in [4.69, 9.17) is 10.00 Å². The van der Waals surface area contributed by atoms with Crippen LogP contribution in [0.4, 0.5) is 4.79 Å². The molecule has 2 N–H and O–H groups in total. The largest absolute Gasteiger partial charge is 0.494 e. The standard InChI is InChI=1S/C32H40N6O3/c1-6-38(22-23-11-14-26(15-12-23)32(3,4)5)31(40)37-36-29(39)10-8-9-27-18-20-34-30(35-27)25-13-16-28(41-7-2)24(21-25)17-19-33/h11-16,18,20-21H,6-10,17,22H2,1-5H3,(H,36,39)(H,37,40). The lowest BCUT2D eigenvalue weighted by molar-refractivity contribution is -0.121. The SMILES string of the molecule is CCOc1ccc(-c2nccc(CCCC(=O)NNC(=O)N(CC)Cc3ccc(C(C)(C)C)cc3)n2)cc1CC#N. The van der Waals surface area contributed by atoms with Gasteiger partial charge < -0.3 is 9.64 Å². The fourth-order valence-electron chi connectivity index (χ4n) is 4.27. The number of nitrogens with zero attached hydrogens (tertiary/aromatic N) is 4. The molecular formula is C32H40N6O3. The molecule has 0 aliphatic rings. The van der Waals surface area contributed by atoms with Crippen molar-refractivity contribution in [2.24, 2.45) is 0 Å². The minimum absolute atomic E-state index is 0.0686. The van der Waals surface area contributed by atoms with Crippen LogP contribution in [0.25, 0.3) is 11.4 Å². The number of carbonyl (C=O) groups excluding carboxylic acids is 2. The number of urea groups is 1. The lowest BCUT2D eigenvalue weighted by atomic mass is 9.87. The van der Waals surface area contributed by atoms with Crippen LogP contribution >= 0.6 is 0 Å². The minimum Gasteiger partial charge on any atom is -0.494 e. The van der Waals surface area contributed by atoms with Gasteiger partial charge in [-0.2, -0.15) is 5.26 Å². The van der Waals surface area contributed by atoms with Crippen LogP contribution in [-0.2, 0) is 29.6 Å². The Morgan fingerprint density at radius 3 is 2.46 bits per heavy atom. The number of rotatable bonds is 11. The van der Waals surface area contributed by atoms with Crippen LogP contribution in [0, 0.1) is 11.3 Å². The van der Waals surface area contributed by atoms with Crippen molar-refractivity contribution < 1.29 is 14.3 Å². The van der Waals surface area contributed by atoms with Gasteiger partial charge in [-0.1, -0.05) is 45.0 Å². The molecule has 0 atom stereocenters. The molecule has 1 aromatic heterocycles. The van der Waals surface area contributed by atoms with Crippen molar-refractivity contribution in [1.82, 2.24) is 25.7 Å². The van der Waals surface area contributed by atoms with E-state index in [2.05, 4.69) is 59.8 Å². The number of nitriles is 1. The van der Waals surface area contributed by atoms with Gasteiger partial charge in [-0.3, -0.25) is 10.2 Å². The minimum atomic E-state index is -0.354. The summed E-state index contributed by atoms with van der Waals surface area (Å²) in [6, 6.07) is 17.5. The molecular weight excluding hydrogens is 516 g/mol. The number of hydrogen-bond donors (Lipinski definition) is 2. The number of carbonyl (C=O) groups is 2. The highest BCUT2D eigenvalue weighted by molar-refractivity contribution is 5.81. The zero-order chi connectivity index (χ0) is 29.8. The van der Waals surface area contributed by atoms with E-state index in [9.17, 15) is 9.59 Å². The second kappa shape index (κ2) is 14.8. The molecule has 3 amide bonds. The smallest absolute Gasteiger partial charge is 0.336 e. The van der Waals surface area contributed by atoms with E-state index in [1.807, 2.05) is 50.2 Å². The zero-order valence-corrected chi connectivity index (χ0v) is 24.7. The third kappa shape index (κ3) is 9.31. The van der Waals surface area contributed by atoms with Crippen LogP contribution < -0.4 is 15.6 Å². The maximum atomic E-state index is 12.7. The van der Waals surface area contributed by atoms with E-state index in [-0.39, 0.29) is 30.2 Å². The van der Waals surface area contributed by atoms with Crippen molar-refractivity contribution in [3.05, 3.63) is 77.1 Å². The molecule has 41 heavy (non-hydrogen) atoms. The Labute approximate surface area is 242 Å². The summed E-state index contributed by atoms with van der Waals surface area (Å²) in [5, 5.41) is 9.16. The molecule has 1 heterocycles. The van der Waals surface area contributed by atoms with Gasteiger partial charge in [0.25, 0.3) is 0 Å². The third-order valence-corrected chi connectivity index (χ3v) is 6.61. The maximum absolute atomic E-state index is 12.7. The molecule has 0 radical (unpaired) electrons. The Hall–Kier alpha value is -4.45. The Kier molecular flexibility index (Phi) is 11.2. The first kappa shape index (κ1) is 31.1. The van der Waals surface area contributed by atoms with Crippen molar-refractivity contribution in [2.45, 2.75) is 72.3 Å². The highest BCUT2D eigenvalue weighted by Gasteiger charge is 2.16. The number of hydrazine groups is 1. The number of amides is 3. The summed E-state index contributed by atoms with van der Waals surface area (Å²) in [5.41, 5.74) is 9.77. The molecule has 0 spiro atoms. The number of ether oxygens (including phenoxy) is 1. The van der Waals surface area contributed by atoms with Gasteiger partial charge in [0.2, 0.25) is 5.91 Å². The van der Waals surface area contributed by atoms with Crippen molar-refractivity contribution in [3.63, 3.8) is 0 Å². The highest BCUT2D eigenvalue weighted by atomic mass is 16.5. The first-order valence-corrected chi connectivity index (χ1v) is 14.0. The van der Waals surface area contributed by atoms with Gasteiger partial charge in [0.1, 0.15) is 5.75 Å². The van der Waals surface area contributed by atoms with E-state index in [0.717, 1.165) is 22.4 Å². The van der Waals surface area contributed by atoms with Gasteiger partial charge >= 0.3 is 6.03 Å². The summed E-state index contributed by atoms with van der Waals surface area (Å²) in [6.45, 7) is 11.8. The predicted molar refractivity (Wildman–Crippen MR) is 159 cm³/mol. The van der Waals surface area contributed by atoms with Gasteiger partial charge in [0.05, 0.1) is 19.1 Å². The molecule has 0 saturated heterocycles. The molecule has 0 aliphatic heterocycles. The normalized spacial score (nSPS) is 10.9. The van der Waals surface area contributed by atoms with Crippen molar-refractivity contribution in [2.75, 3.05) is 13.2 Å². The van der Waals surface area contributed by atoms with Crippen LogP contribution in [0.1, 0.15) is 69.8 Å². The molecule has 0 fully saturated rings. The monoisotopic (exact) mass is 556 g/mol. The first-order valence-electron chi connectivity index (χ1n) is 14.0. The summed E-state index contributed by atoms with van der Waals surface area (Å²) in [4.78, 5) is 35.7. The lowest BCUT2D eigenvalue weighted by Crippen LogP contribution is -2.48. The maximum Gasteiger partial charge on any atom is 0.336 e. The van der Waals surface area contributed by atoms with E-state index in [1.165, 1.54) is 5.56 Å². The molecule has 3 aromatic rings. The van der Waals surface area contributed by atoms with E-state index >= 15 is 0 Å². The molecule has 9 nitrogen and oxygen atoms in total. The van der Waals surface area contributed by atoms with Gasteiger partial charge in [-0.25, -0.2) is 20.2 Å². The number of aryl methyl sites for hydroxylation is 1. The van der Waals surface area contributed by atoms with E-state index in [0.29, 0.717) is 44.1 Å². The number of benzene rings is 2. The second-order valence-electron chi connectivity index (χ2n) is 10.8. The molecule has 0 bridgehead atoms. The van der Waals surface area contributed by atoms with Crippen LogP contribution in [0.15, 0.2) is 54.7 Å². The number of hydrogen-bond acceptors (Lipinski definition) is 6. The van der Waals surface area contributed by atoms with Gasteiger partial charge in [-0.05, 0) is 67.5 Å². The topological polar surface area (TPSA) is 120 Å². The molecule has 9 heteroatoms. The summed E-state index contributed by atoms with van der Waals surface area (Å²) < 4.78 is 5.62. The Morgan fingerprint density at radius 1 is 1.05 bits per heavy atom. The quantitative estimate of drug-likeness (QED) is 0.301. The first-order chi connectivity index (χ1) is 19.6. The number of aromatic nitrogens is 2. The van der Waals surface area contributed by atoms with Crippen LogP contribution in [0.5, 0.6) is 5.75 Å². The Bertz CT molecular complexity index is 1360. The molecule has 0 aliphatic carbocycles. The van der Waals surface area contributed by atoms with Crippen LogP contribution in [0.2, 0.25) is 0 Å². The number of nitrogens with one attached hydrogen (secondary N) is 2. The predicted octanol–water partition coefficient (Wildman–Crippen LogP) is 5.49. The fourth-order valence-corrected chi connectivity index (χ4v) is 4.27. The summed E-state index contributed by atoms with van der Waals surface area (Å²) in [6.07, 6.45) is 3.28. The molecule has 216 valence electrons. The van der Waals surface area contributed by atoms with Crippen molar-refractivity contribution in [3.8, 4) is 23.2 Å². The lowest BCUT2D eigenvalue weighted by Gasteiger charge is -2.23. The molecule has 0 unspecified atom stereocenters. The average Bonchev–Trinajstić information content (AvgIpc) is 2.95. The van der Waals surface area contributed by atoms with Gasteiger partial charge in [0.15, 0.2) is 5.82 Å². The van der Waals surface area contributed by atoms with E-state index in [1.54, 1.807) is 11.1 Å². The molecule has 2 aromatic carbocycles. The van der Waals surface area contributed by atoms with Gasteiger partial charge in [-0.15, -0.1) is 0 Å². The van der Waals surface area contributed by atoms with Crippen LogP contribution in [-0.4, -0.2) is 40.0 Å². The van der Waals surface area contributed by atoms with E-state index < -0.39 is 0 Å². The average molecular weight is 557 g/mol. The highest BCUT2D eigenvalue weighted by Crippen LogP contribution is 2.26. The molecule has 3 rings (SSSR count). The molecule has 0 saturated carbocycles. The van der Waals surface area contributed by atoms with Crippen molar-refractivity contribution in [1.29, 1.82) is 5.26 Å². The van der Waals surface area contributed by atoms with Gasteiger partial charge in [0, 0.05) is 42.5 Å². The summed E-state index contributed by atoms with van der Waals surface area (Å²) in [5.74, 6) is 0.962.